The van der Waals surface area contributed by atoms with E-state index in [0.717, 1.165) is 51.5 Å². The van der Waals surface area contributed by atoms with Gasteiger partial charge in [-0.25, -0.2) is 9.97 Å². The number of hydrogen-bond donors (Lipinski definition) is 2. The minimum Gasteiger partial charge on any atom is -0.365 e. The molecule has 4 heterocycles. The molecule has 37 heavy (non-hydrogen) atoms. The maximum absolute atomic E-state index is 11.2. The maximum atomic E-state index is 11.2. The molecular formula is C27H24N6O2S2. The summed E-state index contributed by atoms with van der Waals surface area (Å²) in [5.41, 5.74) is 16.5. The van der Waals surface area contributed by atoms with Crippen molar-refractivity contribution in [2.75, 3.05) is 0 Å². The first-order chi connectivity index (χ1) is 17.9. The predicted octanol–water partition coefficient (Wildman–Crippen LogP) is 5.24. The molecule has 2 aromatic carbocycles. The van der Waals surface area contributed by atoms with Crippen molar-refractivity contribution in [3.8, 4) is 11.4 Å². The van der Waals surface area contributed by atoms with Gasteiger partial charge in [0.15, 0.2) is 0 Å². The Bertz CT molecular complexity index is 1760. The summed E-state index contributed by atoms with van der Waals surface area (Å²) in [6.45, 7) is 4.01. The summed E-state index contributed by atoms with van der Waals surface area (Å²) >= 11 is 2.71. The lowest BCUT2D eigenvalue weighted by molar-refractivity contribution is 0.0995. The van der Waals surface area contributed by atoms with Crippen molar-refractivity contribution in [3.63, 3.8) is 0 Å². The number of carbonyl (C=O) groups excluding carboxylic acids is 2. The quantitative estimate of drug-likeness (QED) is 0.318. The minimum absolute atomic E-state index is 0.390. The molecule has 0 unspecified atom stereocenters. The standard InChI is InChI=1S/C14H13N3OS.C13H11N3OS/c1-2-13-16-10-5-3-4-6-11(10)17(13)9-7-12(14(15)18)19-8-9;1-8-15-10-4-2-3-5-11(10)16(8)9-6-12(13(14)17)18-7-9/h3-8H,2H2,1H3,(H2,15,18);2-7H,1H3,(H2,14,17). The first-order valence-electron chi connectivity index (χ1n) is 11.5. The van der Waals surface area contributed by atoms with E-state index >= 15 is 0 Å². The third-order valence-corrected chi connectivity index (χ3v) is 7.71. The highest BCUT2D eigenvalue weighted by atomic mass is 32.1. The smallest absolute Gasteiger partial charge is 0.258 e. The molecule has 0 saturated heterocycles. The van der Waals surface area contributed by atoms with Crippen LogP contribution in [0.4, 0.5) is 0 Å². The number of carbonyl (C=O) groups is 2. The van der Waals surface area contributed by atoms with Crippen LogP contribution < -0.4 is 11.5 Å². The van der Waals surface area contributed by atoms with Crippen LogP contribution in [-0.4, -0.2) is 30.9 Å². The number of nitrogens with two attached hydrogens (primary N) is 2. The number of amides is 2. The summed E-state index contributed by atoms with van der Waals surface area (Å²) in [6.07, 6.45) is 0.830. The van der Waals surface area contributed by atoms with E-state index in [1.54, 1.807) is 6.07 Å². The Morgan fingerprint density at radius 2 is 1.27 bits per heavy atom. The van der Waals surface area contributed by atoms with Crippen molar-refractivity contribution in [2.24, 2.45) is 11.5 Å². The lowest BCUT2D eigenvalue weighted by atomic mass is 10.3. The molecule has 6 aromatic rings. The summed E-state index contributed by atoms with van der Waals surface area (Å²) in [5, 5.41) is 3.86. The maximum Gasteiger partial charge on any atom is 0.258 e. The van der Waals surface area contributed by atoms with Crippen molar-refractivity contribution >= 4 is 56.6 Å². The van der Waals surface area contributed by atoms with Gasteiger partial charge in [0.05, 0.1) is 43.2 Å². The highest BCUT2D eigenvalue weighted by Gasteiger charge is 2.14. The number of fused-ring (bicyclic) bond motifs is 2. The number of rotatable bonds is 5. The van der Waals surface area contributed by atoms with Crippen molar-refractivity contribution < 1.29 is 9.59 Å². The largest absolute Gasteiger partial charge is 0.365 e. The average molecular weight is 529 g/mol. The predicted molar refractivity (Wildman–Crippen MR) is 149 cm³/mol. The molecule has 0 saturated carbocycles. The molecule has 186 valence electrons. The van der Waals surface area contributed by atoms with Crippen LogP contribution in [0.15, 0.2) is 71.4 Å². The summed E-state index contributed by atoms with van der Waals surface area (Å²) in [6, 6.07) is 19.5. The number of aromatic nitrogens is 4. The van der Waals surface area contributed by atoms with E-state index in [9.17, 15) is 9.59 Å². The molecule has 0 aliphatic carbocycles. The number of thiophene rings is 2. The SMILES string of the molecule is CCc1nc2ccccc2n1-c1csc(C(N)=O)c1.Cc1nc2ccccc2n1-c1csc(C(N)=O)c1. The lowest BCUT2D eigenvalue weighted by Crippen LogP contribution is -2.08. The van der Waals surface area contributed by atoms with Crippen LogP contribution in [-0.2, 0) is 6.42 Å². The fourth-order valence-electron chi connectivity index (χ4n) is 4.22. The van der Waals surface area contributed by atoms with E-state index in [4.69, 9.17) is 11.5 Å². The van der Waals surface area contributed by atoms with Crippen LogP contribution in [0.25, 0.3) is 33.4 Å². The second kappa shape index (κ2) is 10.00. The van der Waals surface area contributed by atoms with Gasteiger partial charge < -0.3 is 11.5 Å². The third kappa shape index (κ3) is 4.64. The number of hydrogen-bond acceptors (Lipinski definition) is 6. The monoisotopic (exact) mass is 528 g/mol. The summed E-state index contributed by atoms with van der Waals surface area (Å²) in [5.74, 6) is 1.09. The van der Waals surface area contributed by atoms with E-state index in [2.05, 4.69) is 21.5 Å². The highest BCUT2D eigenvalue weighted by Crippen LogP contribution is 2.26. The fraction of sp³-hybridized carbons (Fsp3) is 0.111. The molecule has 0 aliphatic rings. The number of aryl methyl sites for hydroxylation is 2. The number of benzene rings is 2. The Balaban J connectivity index is 0.000000152. The molecule has 0 aliphatic heterocycles. The van der Waals surface area contributed by atoms with Gasteiger partial charge in [-0.15, -0.1) is 22.7 Å². The van der Waals surface area contributed by atoms with E-state index in [0.29, 0.717) is 9.75 Å². The molecule has 10 heteroatoms. The molecule has 2 amide bonds. The molecule has 0 radical (unpaired) electrons. The Hall–Kier alpha value is -4.28. The Kier molecular flexibility index (Phi) is 6.60. The highest BCUT2D eigenvalue weighted by molar-refractivity contribution is 7.12. The van der Waals surface area contributed by atoms with Crippen molar-refractivity contribution in [1.29, 1.82) is 0 Å². The van der Waals surface area contributed by atoms with E-state index in [1.807, 2.05) is 76.8 Å². The van der Waals surface area contributed by atoms with E-state index in [1.165, 1.54) is 22.7 Å². The molecular weight excluding hydrogens is 504 g/mol. The molecule has 0 spiro atoms. The number of imidazole rings is 2. The fourth-order valence-corrected chi connectivity index (χ4v) is 5.67. The molecule has 0 atom stereocenters. The van der Waals surface area contributed by atoms with Crippen LogP contribution in [0.5, 0.6) is 0 Å². The zero-order valence-corrected chi connectivity index (χ0v) is 21.8. The second-order valence-corrected chi connectivity index (χ2v) is 10.1. The Morgan fingerprint density at radius 3 is 1.78 bits per heavy atom. The average Bonchev–Trinajstić information content (AvgIpc) is 3.67. The summed E-state index contributed by atoms with van der Waals surface area (Å²) < 4.78 is 4.11. The first kappa shape index (κ1) is 24.4. The minimum atomic E-state index is -0.395. The van der Waals surface area contributed by atoms with Crippen molar-refractivity contribution in [3.05, 3.63) is 92.8 Å². The number of para-hydroxylation sites is 4. The van der Waals surface area contributed by atoms with Gasteiger partial charge in [-0.2, -0.15) is 0 Å². The van der Waals surface area contributed by atoms with Crippen LogP contribution in [0.2, 0.25) is 0 Å². The van der Waals surface area contributed by atoms with Gasteiger partial charge in [0, 0.05) is 17.2 Å². The van der Waals surface area contributed by atoms with Gasteiger partial charge >= 0.3 is 0 Å². The third-order valence-electron chi connectivity index (χ3n) is 5.85. The molecule has 0 bridgehead atoms. The van der Waals surface area contributed by atoms with E-state index < -0.39 is 11.8 Å². The lowest BCUT2D eigenvalue weighted by Gasteiger charge is -2.04. The van der Waals surface area contributed by atoms with Gasteiger partial charge in [0.25, 0.3) is 11.8 Å². The second-order valence-electron chi connectivity index (χ2n) is 8.26. The van der Waals surface area contributed by atoms with Gasteiger partial charge in [-0.05, 0) is 43.3 Å². The summed E-state index contributed by atoms with van der Waals surface area (Å²) in [4.78, 5) is 32.6. The number of nitrogens with zero attached hydrogens (tertiary/aromatic N) is 4. The van der Waals surface area contributed by atoms with Crippen molar-refractivity contribution in [1.82, 2.24) is 19.1 Å². The molecule has 4 N–H and O–H groups in total. The Morgan fingerprint density at radius 1 is 0.784 bits per heavy atom. The molecule has 4 aromatic heterocycles. The van der Waals surface area contributed by atoms with Gasteiger partial charge in [0.2, 0.25) is 0 Å². The summed E-state index contributed by atoms with van der Waals surface area (Å²) in [7, 11) is 0. The van der Waals surface area contributed by atoms with Crippen LogP contribution in [0.3, 0.4) is 0 Å². The van der Waals surface area contributed by atoms with Gasteiger partial charge in [-0.3, -0.25) is 18.7 Å². The van der Waals surface area contributed by atoms with Crippen LogP contribution in [0, 0.1) is 6.92 Å². The first-order valence-corrected chi connectivity index (χ1v) is 13.3. The number of primary amides is 2. The zero-order valence-electron chi connectivity index (χ0n) is 20.2. The van der Waals surface area contributed by atoms with E-state index in [-0.39, 0.29) is 0 Å². The molecule has 0 fully saturated rings. The van der Waals surface area contributed by atoms with Gasteiger partial charge in [0.1, 0.15) is 11.6 Å². The van der Waals surface area contributed by atoms with Crippen LogP contribution in [0.1, 0.15) is 37.9 Å². The molecule has 6 rings (SSSR count). The topological polar surface area (TPSA) is 122 Å². The molecule has 8 nitrogen and oxygen atoms in total. The zero-order chi connectivity index (χ0) is 26.1. The van der Waals surface area contributed by atoms with Crippen LogP contribution >= 0.6 is 22.7 Å². The Labute approximate surface area is 220 Å². The van der Waals surface area contributed by atoms with Gasteiger partial charge in [-0.1, -0.05) is 31.2 Å². The normalized spacial score (nSPS) is 11.0. The van der Waals surface area contributed by atoms with Crippen molar-refractivity contribution in [2.45, 2.75) is 20.3 Å².